The lowest BCUT2D eigenvalue weighted by molar-refractivity contribution is -0.119. The second kappa shape index (κ2) is 10.5. The highest BCUT2D eigenvalue weighted by Gasteiger charge is 2.21. The number of nitrogens with one attached hydrogen (secondary N) is 1. The molecule has 1 heterocycles. The third-order valence-corrected chi connectivity index (χ3v) is 7.04. The second-order valence-corrected chi connectivity index (χ2v) is 10.1. The number of carbonyl (C=O) groups is 2. The first-order valence-electron chi connectivity index (χ1n) is 11.0. The van der Waals surface area contributed by atoms with Crippen molar-refractivity contribution < 1.29 is 22.7 Å². The van der Waals surface area contributed by atoms with Crippen molar-refractivity contribution in [2.45, 2.75) is 4.90 Å². The van der Waals surface area contributed by atoms with Crippen molar-refractivity contribution in [1.29, 1.82) is 0 Å². The van der Waals surface area contributed by atoms with E-state index in [4.69, 9.17) is 4.74 Å². The van der Waals surface area contributed by atoms with E-state index in [0.29, 0.717) is 5.69 Å². The fourth-order valence-corrected chi connectivity index (χ4v) is 4.34. The molecule has 0 spiro atoms. The molecule has 1 amide bonds. The van der Waals surface area contributed by atoms with Gasteiger partial charge in [0, 0.05) is 31.5 Å². The van der Waals surface area contributed by atoms with Gasteiger partial charge in [0.25, 0.3) is 5.91 Å². The zero-order valence-electron chi connectivity index (χ0n) is 19.7. The average molecular weight is 505 g/mol. The van der Waals surface area contributed by atoms with E-state index in [2.05, 4.69) is 10.4 Å². The lowest BCUT2D eigenvalue weighted by Gasteiger charge is -2.12. The van der Waals surface area contributed by atoms with E-state index in [9.17, 15) is 18.0 Å². The molecular weight excluding hydrogens is 480 g/mol. The summed E-state index contributed by atoms with van der Waals surface area (Å²) in [7, 11) is -0.821. The Balaban J connectivity index is 1.50. The Hall–Kier alpha value is -4.28. The molecule has 0 aliphatic carbocycles. The molecule has 0 aliphatic heterocycles. The minimum atomic E-state index is -3.66. The average Bonchev–Trinajstić information content (AvgIpc) is 3.34. The smallest absolute Gasteiger partial charge is 0.342 e. The van der Waals surface area contributed by atoms with E-state index < -0.39 is 28.5 Å². The van der Waals surface area contributed by atoms with Crippen LogP contribution < -0.4 is 5.32 Å². The molecule has 0 saturated heterocycles. The van der Waals surface area contributed by atoms with Gasteiger partial charge in [-0.05, 0) is 30.3 Å². The van der Waals surface area contributed by atoms with Gasteiger partial charge in [0.15, 0.2) is 6.61 Å². The van der Waals surface area contributed by atoms with Gasteiger partial charge >= 0.3 is 5.97 Å². The molecule has 3 aromatic carbocycles. The highest BCUT2D eigenvalue weighted by Crippen LogP contribution is 2.24. The molecular formula is C26H24N4O5S. The summed E-state index contributed by atoms with van der Waals surface area (Å²) >= 11 is 0. The number of nitrogens with zero attached hydrogens (tertiary/aromatic N) is 3. The van der Waals surface area contributed by atoms with Gasteiger partial charge in [-0.15, -0.1) is 0 Å². The highest BCUT2D eigenvalue weighted by molar-refractivity contribution is 7.89. The number of esters is 1. The number of ether oxygens (including phenoxy) is 1. The van der Waals surface area contributed by atoms with Crippen LogP contribution in [-0.4, -0.2) is 55.1 Å². The van der Waals surface area contributed by atoms with Crippen molar-refractivity contribution in [3.05, 3.63) is 96.7 Å². The first kappa shape index (κ1) is 24.8. The molecule has 0 unspecified atom stereocenters. The fourth-order valence-electron chi connectivity index (χ4n) is 3.40. The van der Waals surface area contributed by atoms with Gasteiger partial charge < -0.3 is 10.1 Å². The van der Waals surface area contributed by atoms with Crippen LogP contribution in [-0.2, 0) is 19.6 Å². The monoisotopic (exact) mass is 504 g/mol. The van der Waals surface area contributed by atoms with E-state index in [0.717, 1.165) is 15.6 Å². The van der Waals surface area contributed by atoms with Crippen LogP contribution in [0.5, 0.6) is 0 Å². The quantitative estimate of drug-likeness (QED) is 0.367. The van der Waals surface area contributed by atoms with Gasteiger partial charge in [-0.2, -0.15) is 5.10 Å². The molecule has 0 bridgehead atoms. The van der Waals surface area contributed by atoms with Crippen molar-refractivity contribution in [1.82, 2.24) is 14.1 Å². The summed E-state index contributed by atoms with van der Waals surface area (Å²) in [6.45, 7) is -0.561. The molecule has 0 atom stereocenters. The molecule has 184 valence electrons. The van der Waals surface area contributed by atoms with Crippen LogP contribution in [0.15, 0.2) is 96.0 Å². The van der Waals surface area contributed by atoms with Crippen LogP contribution >= 0.6 is 0 Å². The Labute approximate surface area is 209 Å². The van der Waals surface area contributed by atoms with E-state index in [1.54, 1.807) is 16.9 Å². The van der Waals surface area contributed by atoms with Gasteiger partial charge in [0.2, 0.25) is 10.0 Å². The van der Waals surface area contributed by atoms with Gasteiger partial charge in [0.1, 0.15) is 11.3 Å². The van der Waals surface area contributed by atoms with Crippen LogP contribution in [0.25, 0.3) is 16.9 Å². The van der Waals surface area contributed by atoms with Crippen LogP contribution in [0.4, 0.5) is 5.69 Å². The number of hydrogen-bond donors (Lipinski definition) is 1. The van der Waals surface area contributed by atoms with Crippen LogP contribution in [0, 0.1) is 0 Å². The standard InChI is InChI=1S/C26H24N4O5S/c1-29(2)36(33,34)22-15-9-12-20(16-22)27-24(31)18-35-26(32)23-17-30(21-13-7-4-8-14-21)28-25(23)19-10-5-3-6-11-19/h3-17H,18H2,1-2H3,(H,27,31). The number of hydrogen-bond acceptors (Lipinski definition) is 6. The lowest BCUT2D eigenvalue weighted by Crippen LogP contribution is -2.23. The molecule has 4 aromatic rings. The molecule has 0 aliphatic rings. The van der Waals surface area contributed by atoms with Gasteiger partial charge in [0.05, 0.1) is 10.6 Å². The molecule has 9 nitrogen and oxygen atoms in total. The molecule has 0 saturated carbocycles. The van der Waals surface area contributed by atoms with E-state index >= 15 is 0 Å². The Kier molecular flexibility index (Phi) is 7.28. The minimum absolute atomic E-state index is 0.0307. The van der Waals surface area contributed by atoms with E-state index in [1.165, 1.54) is 32.3 Å². The molecule has 36 heavy (non-hydrogen) atoms. The maximum atomic E-state index is 13.0. The highest BCUT2D eigenvalue weighted by atomic mass is 32.2. The number of aromatic nitrogens is 2. The van der Waals surface area contributed by atoms with Crippen molar-refractivity contribution in [3.63, 3.8) is 0 Å². The molecule has 4 rings (SSSR count). The Morgan fingerprint density at radius 2 is 1.61 bits per heavy atom. The van der Waals surface area contributed by atoms with Crippen LogP contribution in [0.1, 0.15) is 10.4 Å². The first-order chi connectivity index (χ1) is 17.3. The summed E-state index contributed by atoms with van der Waals surface area (Å²) in [5.74, 6) is -1.32. The Morgan fingerprint density at radius 1 is 0.944 bits per heavy atom. The molecule has 1 aromatic heterocycles. The van der Waals surface area contributed by atoms with Crippen molar-refractivity contribution in [3.8, 4) is 16.9 Å². The number of para-hydroxylation sites is 1. The maximum Gasteiger partial charge on any atom is 0.342 e. The summed E-state index contributed by atoms with van der Waals surface area (Å²) in [6.07, 6.45) is 1.56. The SMILES string of the molecule is CN(C)S(=O)(=O)c1cccc(NC(=O)COC(=O)c2cn(-c3ccccc3)nc2-c2ccccc2)c1. The van der Waals surface area contributed by atoms with Gasteiger partial charge in [-0.25, -0.2) is 22.2 Å². The van der Waals surface area contributed by atoms with Crippen molar-refractivity contribution in [2.75, 3.05) is 26.0 Å². The number of carbonyl (C=O) groups excluding carboxylic acids is 2. The van der Waals surface area contributed by atoms with Gasteiger partial charge in [-0.1, -0.05) is 54.6 Å². The van der Waals surface area contributed by atoms with Crippen LogP contribution in [0.2, 0.25) is 0 Å². The summed E-state index contributed by atoms with van der Waals surface area (Å²) in [4.78, 5) is 25.4. The fraction of sp³-hybridized carbons (Fsp3) is 0.115. The van der Waals surface area contributed by atoms with Crippen molar-refractivity contribution in [2.24, 2.45) is 0 Å². The maximum absolute atomic E-state index is 13.0. The predicted molar refractivity (Wildman–Crippen MR) is 135 cm³/mol. The number of sulfonamides is 1. The molecule has 0 fully saturated rings. The Morgan fingerprint density at radius 3 is 2.28 bits per heavy atom. The summed E-state index contributed by atoms with van der Waals surface area (Å²) in [5, 5.41) is 7.13. The molecule has 10 heteroatoms. The third-order valence-electron chi connectivity index (χ3n) is 5.23. The summed E-state index contributed by atoms with van der Waals surface area (Å²) in [5.41, 5.74) is 2.38. The van der Waals surface area contributed by atoms with Crippen LogP contribution in [0.3, 0.4) is 0 Å². The lowest BCUT2D eigenvalue weighted by atomic mass is 10.1. The largest absolute Gasteiger partial charge is 0.452 e. The van der Waals surface area contributed by atoms with Gasteiger partial charge in [-0.3, -0.25) is 4.79 Å². The summed E-state index contributed by atoms with van der Waals surface area (Å²) in [6, 6.07) is 24.3. The zero-order chi connectivity index (χ0) is 25.7. The minimum Gasteiger partial charge on any atom is -0.452 e. The number of benzene rings is 3. The van der Waals surface area contributed by atoms with E-state index in [-0.39, 0.29) is 16.1 Å². The third kappa shape index (κ3) is 5.51. The zero-order valence-corrected chi connectivity index (χ0v) is 20.5. The number of amides is 1. The second-order valence-electron chi connectivity index (χ2n) is 7.98. The molecule has 1 N–H and O–H groups in total. The van der Waals surface area contributed by atoms with E-state index in [1.807, 2.05) is 60.7 Å². The topological polar surface area (TPSA) is 111 Å². The number of anilines is 1. The number of rotatable bonds is 8. The normalized spacial score (nSPS) is 11.3. The predicted octanol–water partition coefficient (Wildman–Crippen LogP) is 3.59. The first-order valence-corrected chi connectivity index (χ1v) is 12.4. The molecule has 0 radical (unpaired) electrons. The Bertz CT molecular complexity index is 1480. The summed E-state index contributed by atoms with van der Waals surface area (Å²) < 4.78 is 32.6. The van der Waals surface area contributed by atoms with Crippen molar-refractivity contribution >= 4 is 27.6 Å².